The minimum absolute atomic E-state index is 0.102. The maximum Gasteiger partial charge on any atom is 0.350 e. The molecule has 2 rings (SSSR count). The topological polar surface area (TPSA) is 59.5 Å². The Labute approximate surface area is 161 Å². The second-order valence-corrected chi connectivity index (χ2v) is 6.93. The molecule has 8 heteroatoms. The lowest BCUT2D eigenvalue weighted by molar-refractivity contribution is 0.0531. The molecular weight excluding hydrogens is 374 g/mol. The molecule has 0 aliphatic heterocycles. The van der Waals surface area contributed by atoms with Gasteiger partial charge in [0.15, 0.2) is 5.13 Å². The fourth-order valence-corrected chi connectivity index (χ4v) is 3.51. The minimum atomic E-state index is -0.825. The molecule has 0 unspecified atom stereocenters. The third-order valence-electron chi connectivity index (χ3n) is 3.82. The van der Waals surface area contributed by atoms with E-state index in [1.165, 1.54) is 4.90 Å². The molecule has 146 valence electrons. The average molecular weight is 396 g/mol. The van der Waals surface area contributed by atoms with Gasteiger partial charge in [0.25, 0.3) is 5.91 Å². The van der Waals surface area contributed by atoms with Crippen LogP contribution in [-0.4, -0.2) is 30.0 Å². The quantitative estimate of drug-likeness (QED) is 0.478. The first kappa shape index (κ1) is 21.0. The van der Waals surface area contributed by atoms with Crippen molar-refractivity contribution in [2.45, 2.75) is 40.0 Å². The third kappa shape index (κ3) is 5.32. The van der Waals surface area contributed by atoms with Crippen LogP contribution >= 0.6 is 11.3 Å². The molecule has 0 spiro atoms. The van der Waals surface area contributed by atoms with Crippen LogP contribution in [-0.2, 0) is 4.74 Å². The molecule has 5 nitrogen and oxygen atoms in total. The van der Waals surface area contributed by atoms with Crippen LogP contribution in [0.15, 0.2) is 18.2 Å². The van der Waals surface area contributed by atoms with Gasteiger partial charge < -0.3 is 4.74 Å². The van der Waals surface area contributed by atoms with E-state index in [2.05, 4.69) is 4.98 Å². The van der Waals surface area contributed by atoms with Crippen LogP contribution in [0.3, 0.4) is 0 Å². The summed E-state index contributed by atoms with van der Waals surface area (Å²) >= 11 is 1.04. The van der Waals surface area contributed by atoms with Crippen molar-refractivity contribution in [3.63, 3.8) is 0 Å². The van der Waals surface area contributed by atoms with Crippen molar-refractivity contribution in [1.82, 2.24) is 4.98 Å². The van der Waals surface area contributed by atoms with Crippen LogP contribution < -0.4 is 4.90 Å². The molecule has 0 saturated carbocycles. The van der Waals surface area contributed by atoms with E-state index in [1.807, 2.05) is 6.92 Å². The molecule has 1 heterocycles. The lowest BCUT2D eigenvalue weighted by Crippen LogP contribution is -2.32. The molecule has 0 bridgehead atoms. The van der Waals surface area contributed by atoms with Crippen molar-refractivity contribution >= 4 is 28.3 Å². The van der Waals surface area contributed by atoms with Gasteiger partial charge in [-0.05, 0) is 32.4 Å². The van der Waals surface area contributed by atoms with Crippen molar-refractivity contribution in [2.75, 3.05) is 18.1 Å². The van der Waals surface area contributed by atoms with E-state index in [9.17, 15) is 18.4 Å². The number of halogens is 2. The summed E-state index contributed by atoms with van der Waals surface area (Å²) in [5, 5.41) is 0.307. The molecule has 0 saturated heterocycles. The maximum atomic E-state index is 13.5. The van der Waals surface area contributed by atoms with E-state index in [1.54, 1.807) is 13.8 Å². The number of esters is 1. The van der Waals surface area contributed by atoms with Crippen molar-refractivity contribution in [1.29, 1.82) is 0 Å². The highest BCUT2D eigenvalue weighted by molar-refractivity contribution is 7.17. The van der Waals surface area contributed by atoms with Crippen LogP contribution in [0.25, 0.3) is 0 Å². The maximum absolute atomic E-state index is 13.5. The predicted octanol–water partition coefficient (Wildman–Crippen LogP) is 4.74. The Kier molecular flexibility index (Phi) is 7.41. The summed E-state index contributed by atoms with van der Waals surface area (Å²) in [6.45, 7) is 5.95. The fourth-order valence-electron chi connectivity index (χ4n) is 2.52. The van der Waals surface area contributed by atoms with Crippen LogP contribution in [0.2, 0.25) is 0 Å². The second-order valence-electron chi connectivity index (χ2n) is 5.95. The lowest BCUT2D eigenvalue weighted by Gasteiger charge is -2.20. The molecule has 0 atom stereocenters. The Hall–Kier alpha value is -2.35. The fraction of sp³-hybridized carbons (Fsp3) is 0.421. The molecule has 1 aromatic heterocycles. The summed E-state index contributed by atoms with van der Waals surface area (Å²) in [7, 11) is 0. The number of hydrogen-bond donors (Lipinski definition) is 0. The highest BCUT2D eigenvalue weighted by atomic mass is 32.1. The summed E-state index contributed by atoms with van der Waals surface area (Å²) in [4.78, 5) is 30.9. The standard InChI is InChI=1S/C19H22F2N2O3S/c1-4-6-7-8-23(17(24)13-9-14(20)11-15(21)10-13)19-22-12(3)16(27-19)18(25)26-5-2/h9-11H,4-8H2,1-3H3. The summed E-state index contributed by atoms with van der Waals surface area (Å²) in [5.74, 6) is -2.71. The van der Waals surface area contributed by atoms with Crippen LogP contribution in [0, 0.1) is 18.6 Å². The number of benzene rings is 1. The number of ether oxygens (including phenoxy) is 1. The Bertz CT molecular complexity index is 803. The molecular formula is C19H22F2N2O3S. The van der Waals surface area contributed by atoms with Crippen molar-refractivity contribution in [3.05, 3.63) is 46.0 Å². The third-order valence-corrected chi connectivity index (χ3v) is 4.98. The highest BCUT2D eigenvalue weighted by Crippen LogP contribution is 2.28. The van der Waals surface area contributed by atoms with Gasteiger partial charge >= 0.3 is 5.97 Å². The number of nitrogens with zero attached hydrogens (tertiary/aromatic N) is 2. The SMILES string of the molecule is CCCCCN(C(=O)c1cc(F)cc(F)c1)c1nc(C)c(C(=O)OCC)s1. The molecule has 0 N–H and O–H groups in total. The number of carbonyl (C=O) groups is 2. The summed E-state index contributed by atoms with van der Waals surface area (Å²) in [6.07, 6.45) is 2.53. The van der Waals surface area contributed by atoms with Gasteiger partial charge in [-0.25, -0.2) is 18.6 Å². The molecule has 1 amide bonds. The smallest absolute Gasteiger partial charge is 0.350 e. The van der Waals surface area contributed by atoms with Gasteiger partial charge in [0.1, 0.15) is 16.5 Å². The van der Waals surface area contributed by atoms with Crippen LogP contribution in [0.5, 0.6) is 0 Å². The Morgan fingerprint density at radius 1 is 1.15 bits per heavy atom. The number of anilines is 1. The minimum Gasteiger partial charge on any atom is -0.462 e. The van der Waals surface area contributed by atoms with E-state index in [0.29, 0.717) is 34.7 Å². The largest absolute Gasteiger partial charge is 0.462 e. The van der Waals surface area contributed by atoms with Gasteiger partial charge in [0.2, 0.25) is 0 Å². The van der Waals surface area contributed by atoms with Crippen LogP contribution in [0.1, 0.15) is 58.8 Å². The van der Waals surface area contributed by atoms with E-state index >= 15 is 0 Å². The van der Waals surface area contributed by atoms with E-state index < -0.39 is 23.5 Å². The number of rotatable bonds is 8. The predicted molar refractivity (Wildman–Crippen MR) is 100 cm³/mol. The monoisotopic (exact) mass is 396 g/mol. The van der Waals surface area contributed by atoms with Gasteiger partial charge in [-0.1, -0.05) is 31.1 Å². The second kappa shape index (κ2) is 9.55. The molecule has 2 aromatic rings. The Morgan fingerprint density at radius 2 is 1.81 bits per heavy atom. The number of aryl methyl sites for hydroxylation is 1. The van der Waals surface area contributed by atoms with Crippen molar-refractivity contribution in [2.24, 2.45) is 0 Å². The first-order chi connectivity index (χ1) is 12.9. The van der Waals surface area contributed by atoms with Gasteiger partial charge in [0, 0.05) is 18.2 Å². The van der Waals surface area contributed by atoms with Gasteiger partial charge in [-0.2, -0.15) is 0 Å². The molecule has 0 aliphatic carbocycles. The molecule has 1 aromatic carbocycles. The zero-order chi connectivity index (χ0) is 20.0. The summed E-state index contributed by atoms with van der Waals surface area (Å²) in [5.41, 5.74) is 0.349. The van der Waals surface area contributed by atoms with E-state index in [0.717, 1.165) is 36.3 Å². The number of carbonyl (C=O) groups excluding carboxylic acids is 2. The van der Waals surface area contributed by atoms with Gasteiger partial charge in [-0.3, -0.25) is 9.69 Å². The number of aromatic nitrogens is 1. The molecule has 0 radical (unpaired) electrons. The number of unbranched alkanes of at least 4 members (excludes halogenated alkanes) is 2. The zero-order valence-corrected chi connectivity index (χ0v) is 16.4. The average Bonchev–Trinajstić information content (AvgIpc) is 2.99. The normalized spacial score (nSPS) is 10.7. The first-order valence-corrected chi connectivity index (χ1v) is 9.61. The lowest BCUT2D eigenvalue weighted by atomic mass is 10.1. The number of thiazole rings is 1. The van der Waals surface area contributed by atoms with Gasteiger partial charge in [0.05, 0.1) is 12.3 Å². The van der Waals surface area contributed by atoms with Crippen molar-refractivity contribution in [3.8, 4) is 0 Å². The van der Waals surface area contributed by atoms with Gasteiger partial charge in [-0.15, -0.1) is 0 Å². The Morgan fingerprint density at radius 3 is 2.41 bits per heavy atom. The Balaban J connectivity index is 2.38. The first-order valence-electron chi connectivity index (χ1n) is 8.79. The summed E-state index contributed by atoms with van der Waals surface area (Å²) < 4.78 is 32.1. The van der Waals surface area contributed by atoms with E-state index in [4.69, 9.17) is 4.74 Å². The number of amides is 1. The molecule has 0 aliphatic rings. The molecule has 0 fully saturated rings. The van der Waals surface area contributed by atoms with Crippen molar-refractivity contribution < 1.29 is 23.1 Å². The highest BCUT2D eigenvalue weighted by Gasteiger charge is 2.25. The summed E-state index contributed by atoms with van der Waals surface area (Å²) in [6, 6.07) is 2.69. The molecule has 27 heavy (non-hydrogen) atoms. The van der Waals surface area contributed by atoms with Crippen LogP contribution in [0.4, 0.5) is 13.9 Å². The number of hydrogen-bond acceptors (Lipinski definition) is 5. The zero-order valence-electron chi connectivity index (χ0n) is 15.6. The van der Waals surface area contributed by atoms with E-state index in [-0.39, 0.29) is 12.2 Å².